The van der Waals surface area contributed by atoms with Crippen molar-refractivity contribution in [2.24, 2.45) is 0 Å². The van der Waals surface area contributed by atoms with Gasteiger partial charge in [-0.15, -0.1) is 11.3 Å². The highest BCUT2D eigenvalue weighted by molar-refractivity contribution is 7.16. The number of hydrogen-bond acceptors (Lipinski definition) is 4. The number of carbonyl (C=O) groups excluding carboxylic acids is 1. The van der Waals surface area contributed by atoms with Crippen LogP contribution in [0.25, 0.3) is 16.8 Å². The van der Waals surface area contributed by atoms with Gasteiger partial charge in [0.25, 0.3) is 0 Å². The number of aromatic nitrogens is 1. The third-order valence-corrected chi connectivity index (χ3v) is 6.62. The summed E-state index contributed by atoms with van der Waals surface area (Å²) >= 11 is 1.60. The summed E-state index contributed by atoms with van der Waals surface area (Å²) in [6.45, 7) is 4.81. The van der Waals surface area contributed by atoms with E-state index in [1.165, 1.54) is 22.9 Å². The Kier molecular flexibility index (Phi) is 7.28. The minimum atomic E-state index is -0.0760. The topological polar surface area (TPSA) is 45.2 Å². The number of nitrogens with one attached hydrogen (secondary N) is 1. The van der Waals surface area contributed by atoms with E-state index in [1.54, 1.807) is 11.3 Å². The lowest BCUT2D eigenvalue weighted by Crippen LogP contribution is -2.29. The van der Waals surface area contributed by atoms with Gasteiger partial charge in [-0.2, -0.15) is 0 Å². The predicted molar refractivity (Wildman–Crippen MR) is 130 cm³/mol. The van der Waals surface area contributed by atoms with Crippen molar-refractivity contribution in [1.29, 1.82) is 0 Å². The zero-order chi connectivity index (χ0) is 21.5. The molecule has 4 nitrogen and oxygen atoms in total. The smallest absolute Gasteiger partial charge is 0.223 e. The number of anilines is 1. The summed E-state index contributed by atoms with van der Waals surface area (Å²) in [6.07, 6.45) is 6.77. The molecule has 0 unspecified atom stereocenters. The first kappa shape index (κ1) is 21.5. The Labute approximate surface area is 188 Å². The van der Waals surface area contributed by atoms with Gasteiger partial charge in [-0.3, -0.25) is 9.69 Å². The Morgan fingerprint density at radius 3 is 2.39 bits per heavy atom. The molecular formula is C26H29N3OS. The third kappa shape index (κ3) is 5.90. The first-order valence-corrected chi connectivity index (χ1v) is 11.8. The molecule has 160 valence electrons. The molecule has 0 bridgehead atoms. The SMILES string of the molecule is CC(=O)Nc1nc(-c2ccccc2)c(CCCCN2CC=C(c3ccccc3)CC2)s1. The van der Waals surface area contributed by atoms with Crippen molar-refractivity contribution >= 4 is 27.9 Å². The Bertz CT molecular complexity index is 1030. The number of unbranched alkanes of at least 4 members (excludes halogenated alkanes) is 1. The maximum Gasteiger partial charge on any atom is 0.223 e. The monoisotopic (exact) mass is 431 g/mol. The molecule has 1 aliphatic heterocycles. The van der Waals surface area contributed by atoms with Crippen LogP contribution in [-0.4, -0.2) is 35.4 Å². The molecule has 0 spiro atoms. The van der Waals surface area contributed by atoms with Crippen LogP contribution in [0.1, 0.15) is 36.6 Å². The Balaban J connectivity index is 1.31. The number of aryl methyl sites for hydroxylation is 1. The van der Waals surface area contributed by atoms with Gasteiger partial charge in [-0.05, 0) is 43.4 Å². The van der Waals surface area contributed by atoms with Gasteiger partial charge in [0, 0.05) is 30.5 Å². The van der Waals surface area contributed by atoms with E-state index in [2.05, 4.69) is 58.8 Å². The van der Waals surface area contributed by atoms with E-state index in [9.17, 15) is 4.79 Å². The average molecular weight is 432 g/mol. The lowest BCUT2D eigenvalue weighted by atomic mass is 9.99. The molecule has 1 N–H and O–H groups in total. The molecule has 0 saturated carbocycles. The lowest BCUT2D eigenvalue weighted by Gasteiger charge is -2.26. The van der Waals surface area contributed by atoms with E-state index in [1.807, 2.05) is 18.2 Å². The van der Waals surface area contributed by atoms with Crippen LogP contribution in [0.5, 0.6) is 0 Å². The van der Waals surface area contributed by atoms with Gasteiger partial charge in [-0.25, -0.2) is 4.98 Å². The van der Waals surface area contributed by atoms with Crippen LogP contribution in [0.4, 0.5) is 5.13 Å². The Morgan fingerprint density at radius 1 is 1.03 bits per heavy atom. The molecule has 0 aliphatic carbocycles. The van der Waals surface area contributed by atoms with Crippen LogP contribution in [0.2, 0.25) is 0 Å². The van der Waals surface area contributed by atoms with Crippen molar-refractivity contribution < 1.29 is 4.79 Å². The predicted octanol–water partition coefficient (Wildman–Crippen LogP) is 5.88. The number of hydrogen-bond donors (Lipinski definition) is 1. The maximum atomic E-state index is 11.5. The summed E-state index contributed by atoms with van der Waals surface area (Å²) in [7, 11) is 0. The second kappa shape index (κ2) is 10.5. The van der Waals surface area contributed by atoms with Gasteiger partial charge in [0.2, 0.25) is 5.91 Å². The number of benzene rings is 2. The summed E-state index contributed by atoms with van der Waals surface area (Å²) in [5.74, 6) is -0.0760. The van der Waals surface area contributed by atoms with Gasteiger partial charge in [-0.1, -0.05) is 66.7 Å². The van der Waals surface area contributed by atoms with E-state index in [0.717, 1.165) is 56.6 Å². The molecule has 0 radical (unpaired) electrons. The molecule has 1 aromatic heterocycles. The molecule has 5 heteroatoms. The fraction of sp³-hybridized carbons (Fsp3) is 0.308. The van der Waals surface area contributed by atoms with Crippen molar-refractivity contribution in [2.45, 2.75) is 32.6 Å². The van der Waals surface area contributed by atoms with Crippen molar-refractivity contribution in [3.63, 3.8) is 0 Å². The largest absolute Gasteiger partial charge is 0.302 e. The first-order valence-electron chi connectivity index (χ1n) is 11.0. The zero-order valence-corrected chi connectivity index (χ0v) is 18.8. The highest BCUT2D eigenvalue weighted by atomic mass is 32.1. The minimum Gasteiger partial charge on any atom is -0.302 e. The summed E-state index contributed by atoms with van der Waals surface area (Å²) in [5.41, 5.74) is 4.94. The maximum absolute atomic E-state index is 11.5. The summed E-state index contributed by atoms with van der Waals surface area (Å²) in [6, 6.07) is 21.0. The van der Waals surface area contributed by atoms with Crippen molar-refractivity contribution in [1.82, 2.24) is 9.88 Å². The summed E-state index contributed by atoms with van der Waals surface area (Å²) in [5, 5.41) is 3.54. The van der Waals surface area contributed by atoms with Gasteiger partial charge in [0.05, 0.1) is 5.69 Å². The molecule has 1 aliphatic rings. The van der Waals surface area contributed by atoms with Crippen LogP contribution < -0.4 is 5.32 Å². The number of rotatable bonds is 8. The molecular weight excluding hydrogens is 402 g/mol. The molecule has 1 amide bonds. The van der Waals surface area contributed by atoms with E-state index >= 15 is 0 Å². The molecule has 4 rings (SSSR count). The highest BCUT2D eigenvalue weighted by Crippen LogP contribution is 2.32. The highest BCUT2D eigenvalue weighted by Gasteiger charge is 2.15. The summed E-state index contributed by atoms with van der Waals surface area (Å²) in [4.78, 5) is 20.0. The second-order valence-electron chi connectivity index (χ2n) is 7.94. The van der Waals surface area contributed by atoms with Crippen LogP contribution in [0.3, 0.4) is 0 Å². The van der Waals surface area contributed by atoms with Crippen LogP contribution in [-0.2, 0) is 11.2 Å². The molecule has 2 heterocycles. The first-order chi connectivity index (χ1) is 15.2. The zero-order valence-electron chi connectivity index (χ0n) is 18.0. The van der Waals surface area contributed by atoms with Crippen LogP contribution >= 0.6 is 11.3 Å². The van der Waals surface area contributed by atoms with E-state index in [0.29, 0.717) is 5.13 Å². The fourth-order valence-electron chi connectivity index (χ4n) is 4.00. The normalized spacial score (nSPS) is 14.3. The Hall–Kier alpha value is -2.76. The number of amides is 1. The fourth-order valence-corrected chi connectivity index (χ4v) is 5.07. The summed E-state index contributed by atoms with van der Waals surface area (Å²) < 4.78 is 0. The number of nitrogens with zero attached hydrogens (tertiary/aromatic N) is 2. The van der Waals surface area contributed by atoms with Crippen LogP contribution in [0.15, 0.2) is 66.7 Å². The van der Waals surface area contributed by atoms with Gasteiger partial charge >= 0.3 is 0 Å². The average Bonchev–Trinajstić information content (AvgIpc) is 3.20. The van der Waals surface area contributed by atoms with Crippen LogP contribution in [0, 0.1) is 0 Å². The van der Waals surface area contributed by atoms with Gasteiger partial charge < -0.3 is 5.32 Å². The van der Waals surface area contributed by atoms with E-state index in [4.69, 9.17) is 4.98 Å². The molecule has 0 saturated heterocycles. The molecule has 0 fully saturated rings. The lowest BCUT2D eigenvalue weighted by molar-refractivity contribution is -0.114. The standard InChI is InChI=1S/C26H29N3OS/c1-20(30)27-26-28-25(23-12-6-3-7-13-23)24(31-26)14-8-9-17-29-18-15-22(16-19-29)21-10-4-2-5-11-21/h2-7,10-13,15H,8-9,14,16-19H2,1H3,(H,27,28,30). The molecule has 3 aromatic rings. The molecule has 31 heavy (non-hydrogen) atoms. The van der Waals surface area contributed by atoms with E-state index in [-0.39, 0.29) is 5.91 Å². The third-order valence-electron chi connectivity index (χ3n) is 5.59. The number of carbonyl (C=O) groups is 1. The van der Waals surface area contributed by atoms with E-state index < -0.39 is 0 Å². The van der Waals surface area contributed by atoms with Gasteiger partial charge in [0.15, 0.2) is 5.13 Å². The Morgan fingerprint density at radius 2 is 1.74 bits per heavy atom. The van der Waals surface area contributed by atoms with Crippen molar-refractivity contribution in [2.75, 3.05) is 25.0 Å². The van der Waals surface area contributed by atoms with Crippen molar-refractivity contribution in [3.05, 3.63) is 77.2 Å². The second-order valence-corrected chi connectivity index (χ2v) is 9.02. The molecule has 0 atom stereocenters. The number of thiazole rings is 1. The van der Waals surface area contributed by atoms with Crippen molar-refractivity contribution in [3.8, 4) is 11.3 Å². The van der Waals surface area contributed by atoms with Gasteiger partial charge in [0.1, 0.15) is 0 Å². The minimum absolute atomic E-state index is 0.0760. The molecule has 2 aromatic carbocycles. The quantitative estimate of drug-likeness (QED) is 0.453.